The van der Waals surface area contributed by atoms with Crippen LogP contribution in [-0.2, 0) is 33.4 Å². The smallest absolute Gasteiger partial charge is 0.342 e. The first-order chi connectivity index (χ1) is 16.1. The van der Waals surface area contributed by atoms with E-state index in [1.807, 2.05) is 6.92 Å². The van der Waals surface area contributed by atoms with Gasteiger partial charge in [-0.25, -0.2) is 4.79 Å². The topological polar surface area (TPSA) is 113 Å². The van der Waals surface area contributed by atoms with Crippen LogP contribution < -0.4 is 4.74 Å². The Kier molecular flexibility index (Phi) is 8.21. The van der Waals surface area contributed by atoms with Crippen LogP contribution in [0, 0.1) is 13.8 Å². The molecule has 0 aromatic heterocycles. The quantitative estimate of drug-likeness (QED) is 0.233. The van der Waals surface area contributed by atoms with Crippen LogP contribution in [0.3, 0.4) is 0 Å². The van der Waals surface area contributed by atoms with Crippen molar-refractivity contribution in [2.75, 3.05) is 6.61 Å². The van der Waals surface area contributed by atoms with Crippen LogP contribution in [0.2, 0.25) is 0 Å². The maximum Gasteiger partial charge on any atom is 0.342 e. The third-order valence-corrected chi connectivity index (χ3v) is 7.37. The molecule has 10 heteroatoms. The van der Waals surface area contributed by atoms with Gasteiger partial charge in [0, 0.05) is 6.42 Å². The molecular formula is C24H24O8S2. The van der Waals surface area contributed by atoms with Crippen molar-refractivity contribution in [2.24, 2.45) is 0 Å². The second kappa shape index (κ2) is 10.9. The fraction of sp³-hybridized carbons (Fsp3) is 0.208. The number of carbonyl (C=O) groups excluding carboxylic acids is 1. The lowest BCUT2D eigenvalue weighted by molar-refractivity contribution is -0.142. The average Bonchev–Trinajstić information content (AvgIpc) is 2.79. The Morgan fingerprint density at radius 3 is 1.76 bits per heavy atom. The van der Waals surface area contributed by atoms with Gasteiger partial charge in [0.15, 0.2) is 6.10 Å². The molecule has 0 spiro atoms. The molecule has 1 atom stereocenters. The minimum atomic E-state index is -4.34. The Morgan fingerprint density at radius 1 is 0.735 bits per heavy atom. The predicted octanol–water partition coefficient (Wildman–Crippen LogP) is 3.78. The number of benzene rings is 3. The van der Waals surface area contributed by atoms with Gasteiger partial charge in [0.1, 0.15) is 5.75 Å². The van der Waals surface area contributed by atoms with Crippen molar-refractivity contribution in [1.82, 2.24) is 0 Å². The molecule has 0 N–H and O–H groups in total. The zero-order chi connectivity index (χ0) is 24.8. The van der Waals surface area contributed by atoms with Crippen LogP contribution in [0.5, 0.6) is 5.75 Å². The molecule has 0 aliphatic heterocycles. The molecule has 0 amide bonds. The van der Waals surface area contributed by atoms with Gasteiger partial charge in [-0.1, -0.05) is 53.6 Å². The number of para-hydroxylation sites is 1. The molecule has 0 fully saturated rings. The summed E-state index contributed by atoms with van der Waals surface area (Å²) in [6.07, 6.45) is -2.03. The first-order valence-corrected chi connectivity index (χ1v) is 13.1. The third kappa shape index (κ3) is 6.97. The molecule has 3 aromatic carbocycles. The SMILES string of the molecule is Cc1ccc(S(=O)(=O)OCCC(OS(=O)(=O)c2ccc(C)cc2)C(=O)Oc2ccccc2)cc1. The van der Waals surface area contributed by atoms with Gasteiger partial charge in [0.05, 0.1) is 16.4 Å². The Bertz CT molecular complexity index is 1320. The standard InChI is InChI=1S/C24H24O8S2/c1-18-8-12-21(13-9-18)33(26,27)30-17-16-23(24(25)31-20-6-4-3-5-7-20)32-34(28,29)22-14-10-19(2)11-15-22/h3-15,23H,16-17H2,1-2H3. The summed E-state index contributed by atoms with van der Waals surface area (Å²) in [5.41, 5.74) is 1.71. The molecule has 0 radical (unpaired) electrons. The fourth-order valence-electron chi connectivity index (χ4n) is 2.83. The van der Waals surface area contributed by atoms with Gasteiger partial charge >= 0.3 is 5.97 Å². The van der Waals surface area contributed by atoms with Crippen LogP contribution in [0.15, 0.2) is 88.7 Å². The molecule has 0 aliphatic rings. The summed E-state index contributed by atoms with van der Waals surface area (Å²) >= 11 is 0. The molecule has 0 saturated carbocycles. The van der Waals surface area contributed by atoms with E-state index in [0.717, 1.165) is 11.1 Å². The van der Waals surface area contributed by atoms with E-state index < -0.39 is 38.9 Å². The zero-order valence-electron chi connectivity index (χ0n) is 18.6. The fourth-order valence-corrected chi connectivity index (χ4v) is 4.81. The normalized spacial score (nSPS) is 12.8. The van der Waals surface area contributed by atoms with Crippen molar-refractivity contribution in [3.8, 4) is 5.75 Å². The highest BCUT2D eigenvalue weighted by atomic mass is 32.2. The minimum absolute atomic E-state index is 0.0605. The van der Waals surface area contributed by atoms with Gasteiger partial charge in [-0.2, -0.15) is 16.8 Å². The number of rotatable bonds is 10. The molecular weight excluding hydrogens is 480 g/mol. The van der Waals surface area contributed by atoms with Crippen molar-refractivity contribution in [3.63, 3.8) is 0 Å². The van der Waals surface area contributed by atoms with Gasteiger partial charge in [-0.05, 0) is 50.2 Å². The van der Waals surface area contributed by atoms with Gasteiger partial charge in [-0.3, -0.25) is 8.37 Å². The van der Waals surface area contributed by atoms with Crippen LogP contribution in [-0.4, -0.2) is 35.5 Å². The predicted molar refractivity (Wildman–Crippen MR) is 124 cm³/mol. The highest BCUT2D eigenvalue weighted by molar-refractivity contribution is 7.87. The average molecular weight is 505 g/mol. The highest BCUT2D eigenvalue weighted by Crippen LogP contribution is 2.20. The van der Waals surface area contributed by atoms with Crippen molar-refractivity contribution < 1.29 is 34.7 Å². The van der Waals surface area contributed by atoms with Crippen molar-refractivity contribution >= 4 is 26.2 Å². The van der Waals surface area contributed by atoms with Crippen LogP contribution in [0.4, 0.5) is 0 Å². The molecule has 3 aromatic rings. The largest absolute Gasteiger partial charge is 0.425 e. The Morgan fingerprint density at radius 2 is 1.24 bits per heavy atom. The molecule has 0 aliphatic carbocycles. The molecule has 0 heterocycles. The highest BCUT2D eigenvalue weighted by Gasteiger charge is 2.30. The van der Waals surface area contributed by atoms with Crippen LogP contribution >= 0.6 is 0 Å². The Balaban J connectivity index is 1.76. The number of carbonyl (C=O) groups is 1. The first-order valence-electron chi connectivity index (χ1n) is 10.3. The second-order valence-electron chi connectivity index (χ2n) is 7.46. The van der Waals surface area contributed by atoms with Gasteiger partial charge < -0.3 is 4.74 Å². The lowest BCUT2D eigenvalue weighted by Crippen LogP contribution is -2.32. The Labute approximate surface area is 199 Å². The van der Waals surface area contributed by atoms with Crippen molar-refractivity contribution in [1.29, 1.82) is 0 Å². The lowest BCUT2D eigenvalue weighted by Gasteiger charge is -2.17. The third-order valence-electron chi connectivity index (χ3n) is 4.71. The maximum atomic E-state index is 12.7. The summed E-state index contributed by atoms with van der Waals surface area (Å²) < 4.78 is 65.7. The van der Waals surface area contributed by atoms with Crippen LogP contribution in [0.25, 0.3) is 0 Å². The summed E-state index contributed by atoms with van der Waals surface area (Å²) in [5, 5.41) is 0. The Hall–Kier alpha value is -3.05. The number of aryl methyl sites for hydroxylation is 2. The van der Waals surface area contributed by atoms with Crippen molar-refractivity contribution in [2.45, 2.75) is 36.2 Å². The van der Waals surface area contributed by atoms with E-state index in [1.165, 1.54) is 36.4 Å². The van der Waals surface area contributed by atoms with Gasteiger partial charge in [0.2, 0.25) is 0 Å². The second-order valence-corrected chi connectivity index (χ2v) is 10.7. The van der Waals surface area contributed by atoms with E-state index in [9.17, 15) is 21.6 Å². The molecule has 0 bridgehead atoms. The molecule has 1 unspecified atom stereocenters. The first kappa shape index (κ1) is 25.6. The van der Waals surface area contributed by atoms with E-state index in [1.54, 1.807) is 49.4 Å². The summed E-state index contributed by atoms with van der Waals surface area (Å²) in [5.74, 6) is -0.819. The minimum Gasteiger partial charge on any atom is -0.425 e. The lowest BCUT2D eigenvalue weighted by atomic mass is 10.2. The number of hydrogen-bond donors (Lipinski definition) is 0. The van der Waals surface area contributed by atoms with Gasteiger partial charge in [0.25, 0.3) is 20.2 Å². The molecule has 0 saturated heterocycles. The zero-order valence-corrected chi connectivity index (χ0v) is 20.2. The summed E-state index contributed by atoms with van der Waals surface area (Å²) in [4.78, 5) is 12.5. The summed E-state index contributed by atoms with van der Waals surface area (Å²) in [6.45, 7) is 3.10. The van der Waals surface area contributed by atoms with E-state index in [0.29, 0.717) is 0 Å². The van der Waals surface area contributed by atoms with E-state index in [4.69, 9.17) is 13.1 Å². The maximum absolute atomic E-state index is 12.7. The number of ether oxygens (including phenoxy) is 1. The molecule has 8 nitrogen and oxygen atoms in total. The van der Waals surface area contributed by atoms with E-state index in [2.05, 4.69) is 0 Å². The summed E-state index contributed by atoms with van der Waals surface area (Å²) in [6, 6.07) is 19.9. The van der Waals surface area contributed by atoms with Crippen molar-refractivity contribution in [3.05, 3.63) is 90.0 Å². The molecule has 180 valence electrons. The monoisotopic (exact) mass is 504 g/mol. The number of esters is 1. The molecule has 34 heavy (non-hydrogen) atoms. The number of hydrogen-bond acceptors (Lipinski definition) is 8. The summed E-state index contributed by atoms with van der Waals surface area (Å²) in [7, 11) is -8.46. The van der Waals surface area contributed by atoms with Gasteiger partial charge in [-0.15, -0.1) is 0 Å². The van der Waals surface area contributed by atoms with E-state index in [-0.39, 0.29) is 22.0 Å². The van der Waals surface area contributed by atoms with E-state index >= 15 is 0 Å². The molecule has 3 rings (SSSR count). The van der Waals surface area contributed by atoms with Crippen LogP contribution in [0.1, 0.15) is 17.5 Å².